The molecule has 0 saturated heterocycles. The molecule has 3 heteroatoms. The fourth-order valence-corrected chi connectivity index (χ4v) is 3.19. The van der Waals surface area contributed by atoms with Crippen molar-refractivity contribution < 1.29 is 0 Å². The van der Waals surface area contributed by atoms with Gasteiger partial charge in [-0.2, -0.15) is 5.10 Å². The molecule has 1 heterocycles. The molecule has 3 nitrogen and oxygen atoms in total. The fraction of sp³-hybridized carbons (Fsp3) is 0.800. The summed E-state index contributed by atoms with van der Waals surface area (Å²) < 4.78 is 2.20. The maximum Gasteiger partial charge on any atom is 0.0628 e. The topological polar surface area (TPSA) is 29.9 Å². The fourth-order valence-electron chi connectivity index (χ4n) is 3.19. The predicted octanol–water partition coefficient (Wildman–Crippen LogP) is 3.16. The highest BCUT2D eigenvalue weighted by atomic mass is 15.3. The highest BCUT2D eigenvalue weighted by Gasteiger charge is 2.18. The Hall–Kier alpha value is -0.830. The largest absolute Gasteiger partial charge is 0.312 e. The van der Waals surface area contributed by atoms with Crippen molar-refractivity contribution in [3.63, 3.8) is 0 Å². The summed E-state index contributed by atoms with van der Waals surface area (Å²) in [6, 6.07) is 1.19. The maximum atomic E-state index is 4.70. The van der Waals surface area contributed by atoms with Gasteiger partial charge in [0, 0.05) is 18.3 Å². The van der Waals surface area contributed by atoms with Crippen LogP contribution in [-0.4, -0.2) is 22.4 Å². The molecule has 2 rings (SSSR count). The van der Waals surface area contributed by atoms with Crippen LogP contribution in [0.2, 0.25) is 0 Å². The predicted molar refractivity (Wildman–Crippen MR) is 76.0 cm³/mol. The molecule has 1 aromatic heterocycles. The molecule has 1 saturated carbocycles. The van der Waals surface area contributed by atoms with Gasteiger partial charge in [-0.15, -0.1) is 0 Å². The van der Waals surface area contributed by atoms with E-state index in [1.807, 2.05) is 0 Å². The van der Waals surface area contributed by atoms with Crippen LogP contribution in [0, 0.1) is 13.8 Å². The van der Waals surface area contributed by atoms with Crippen molar-refractivity contribution in [3.05, 3.63) is 17.0 Å². The van der Waals surface area contributed by atoms with E-state index >= 15 is 0 Å². The molecular weight excluding hydrogens is 222 g/mol. The van der Waals surface area contributed by atoms with Gasteiger partial charge in [0.1, 0.15) is 0 Å². The van der Waals surface area contributed by atoms with E-state index in [1.54, 1.807) is 0 Å². The average molecular weight is 249 g/mol. The minimum atomic E-state index is 0.449. The summed E-state index contributed by atoms with van der Waals surface area (Å²) in [5.74, 6) is 0. The molecule has 1 aliphatic rings. The smallest absolute Gasteiger partial charge is 0.0628 e. The molecule has 18 heavy (non-hydrogen) atoms. The molecule has 102 valence electrons. The first kappa shape index (κ1) is 13.6. The van der Waals surface area contributed by atoms with E-state index in [0.29, 0.717) is 6.04 Å². The van der Waals surface area contributed by atoms with Crippen LogP contribution in [0.25, 0.3) is 0 Å². The van der Waals surface area contributed by atoms with E-state index < -0.39 is 0 Å². The van der Waals surface area contributed by atoms with E-state index in [-0.39, 0.29) is 0 Å². The van der Waals surface area contributed by atoms with Crippen molar-refractivity contribution in [2.24, 2.45) is 0 Å². The van der Waals surface area contributed by atoms with Gasteiger partial charge < -0.3 is 5.32 Å². The number of nitrogens with zero attached hydrogens (tertiary/aromatic N) is 2. The Labute approximate surface area is 111 Å². The monoisotopic (exact) mass is 249 g/mol. The molecule has 0 spiro atoms. The molecule has 1 fully saturated rings. The molecule has 1 N–H and O–H groups in total. The zero-order valence-electron chi connectivity index (χ0n) is 12.3. The number of nitrogens with one attached hydrogen (secondary N) is 1. The van der Waals surface area contributed by atoms with E-state index in [0.717, 1.165) is 19.0 Å². The molecule has 1 atom stereocenters. The lowest BCUT2D eigenvalue weighted by atomic mass is 10.1. The molecule has 0 aromatic carbocycles. The van der Waals surface area contributed by atoms with Crippen LogP contribution in [0.5, 0.6) is 0 Å². The second kappa shape index (κ2) is 5.87. The molecule has 0 aliphatic heterocycles. The molecule has 1 aromatic rings. The van der Waals surface area contributed by atoms with Crippen LogP contribution in [0.4, 0.5) is 0 Å². The molecule has 1 unspecified atom stereocenters. The van der Waals surface area contributed by atoms with Crippen LogP contribution in [0.1, 0.15) is 62.5 Å². The summed E-state index contributed by atoms with van der Waals surface area (Å²) in [5, 5.41) is 8.40. The molecule has 1 aliphatic carbocycles. The van der Waals surface area contributed by atoms with Gasteiger partial charge in [0.25, 0.3) is 0 Å². The highest BCUT2D eigenvalue weighted by Crippen LogP contribution is 2.20. The summed E-state index contributed by atoms with van der Waals surface area (Å²) in [7, 11) is 0. The van der Waals surface area contributed by atoms with Gasteiger partial charge in [-0.1, -0.05) is 19.8 Å². The second-order valence-electron chi connectivity index (χ2n) is 5.69. The summed E-state index contributed by atoms with van der Waals surface area (Å²) >= 11 is 0. The van der Waals surface area contributed by atoms with Crippen molar-refractivity contribution in [2.45, 2.75) is 71.9 Å². The van der Waals surface area contributed by atoms with Crippen molar-refractivity contribution in [1.82, 2.24) is 15.1 Å². The van der Waals surface area contributed by atoms with Crippen LogP contribution in [0.3, 0.4) is 0 Å². The number of aromatic nitrogens is 2. The van der Waals surface area contributed by atoms with Gasteiger partial charge in [0.2, 0.25) is 0 Å². The third-order valence-corrected chi connectivity index (χ3v) is 4.30. The number of aryl methyl sites for hydroxylation is 1. The van der Waals surface area contributed by atoms with Crippen LogP contribution >= 0.6 is 0 Å². The van der Waals surface area contributed by atoms with Crippen molar-refractivity contribution in [3.8, 4) is 0 Å². The Balaban J connectivity index is 1.97. The maximum absolute atomic E-state index is 4.70. The lowest BCUT2D eigenvalue weighted by Crippen LogP contribution is -2.32. The molecule has 0 bridgehead atoms. The van der Waals surface area contributed by atoms with Crippen LogP contribution < -0.4 is 5.32 Å². The lowest BCUT2D eigenvalue weighted by molar-refractivity contribution is 0.408. The third-order valence-electron chi connectivity index (χ3n) is 4.30. The Morgan fingerprint density at radius 3 is 2.56 bits per heavy atom. The lowest BCUT2D eigenvalue weighted by Gasteiger charge is -2.18. The van der Waals surface area contributed by atoms with Crippen molar-refractivity contribution in [2.75, 3.05) is 6.54 Å². The Morgan fingerprint density at radius 1 is 1.33 bits per heavy atom. The van der Waals surface area contributed by atoms with Gasteiger partial charge in [-0.05, 0) is 45.6 Å². The van der Waals surface area contributed by atoms with E-state index in [9.17, 15) is 0 Å². The number of hydrogen-bond acceptors (Lipinski definition) is 2. The Morgan fingerprint density at radius 2 is 2.00 bits per heavy atom. The molecule has 0 radical (unpaired) electrons. The molecular formula is C15H27N3. The normalized spacial score (nSPS) is 18.4. The number of rotatable bonds is 5. The van der Waals surface area contributed by atoms with E-state index in [2.05, 4.69) is 37.7 Å². The summed E-state index contributed by atoms with van der Waals surface area (Å²) in [6.07, 6.45) is 6.58. The van der Waals surface area contributed by atoms with Crippen molar-refractivity contribution in [1.29, 1.82) is 0 Å². The van der Waals surface area contributed by atoms with E-state index in [1.165, 1.54) is 42.6 Å². The zero-order valence-corrected chi connectivity index (χ0v) is 12.3. The first-order valence-electron chi connectivity index (χ1n) is 7.41. The molecule has 0 amide bonds. The van der Waals surface area contributed by atoms with Gasteiger partial charge in [0.05, 0.1) is 11.7 Å². The average Bonchev–Trinajstić information content (AvgIpc) is 2.95. The van der Waals surface area contributed by atoms with Gasteiger partial charge >= 0.3 is 0 Å². The van der Waals surface area contributed by atoms with Crippen LogP contribution in [-0.2, 0) is 6.42 Å². The zero-order chi connectivity index (χ0) is 13.1. The Bertz CT molecular complexity index is 389. The first-order chi connectivity index (χ1) is 8.63. The van der Waals surface area contributed by atoms with Crippen LogP contribution in [0.15, 0.2) is 0 Å². The standard InChI is InChI=1S/C15H27N3/c1-5-15-12(3)17-18(13(15)4)11(2)10-16-14-8-6-7-9-14/h11,14,16H,5-10H2,1-4H3. The number of hydrogen-bond donors (Lipinski definition) is 1. The summed E-state index contributed by atoms with van der Waals surface area (Å²) in [6.45, 7) is 9.84. The minimum Gasteiger partial charge on any atom is -0.312 e. The van der Waals surface area contributed by atoms with E-state index in [4.69, 9.17) is 5.10 Å². The van der Waals surface area contributed by atoms with Gasteiger partial charge in [0.15, 0.2) is 0 Å². The first-order valence-corrected chi connectivity index (χ1v) is 7.41. The second-order valence-corrected chi connectivity index (χ2v) is 5.69. The van der Waals surface area contributed by atoms with Gasteiger partial charge in [-0.25, -0.2) is 0 Å². The minimum absolute atomic E-state index is 0.449. The Kier molecular flexibility index (Phi) is 4.44. The van der Waals surface area contributed by atoms with Crippen molar-refractivity contribution >= 4 is 0 Å². The van der Waals surface area contributed by atoms with Gasteiger partial charge in [-0.3, -0.25) is 4.68 Å². The summed E-state index contributed by atoms with van der Waals surface area (Å²) in [5.41, 5.74) is 3.96. The third kappa shape index (κ3) is 2.77. The summed E-state index contributed by atoms with van der Waals surface area (Å²) in [4.78, 5) is 0. The highest BCUT2D eigenvalue weighted by molar-refractivity contribution is 5.24. The quantitative estimate of drug-likeness (QED) is 0.868. The SMILES string of the molecule is CCc1c(C)nn(C(C)CNC2CCCC2)c1C.